The van der Waals surface area contributed by atoms with Gasteiger partial charge in [-0.1, -0.05) is 48.5 Å². The number of amides is 2. The van der Waals surface area contributed by atoms with Crippen LogP contribution < -0.4 is 10.5 Å². The van der Waals surface area contributed by atoms with Crippen molar-refractivity contribution in [2.45, 2.75) is 51.7 Å². The summed E-state index contributed by atoms with van der Waals surface area (Å²) < 4.78 is 26.5. The van der Waals surface area contributed by atoms with Gasteiger partial charge in [-0.3, -0.25) is 9.78 Å². The molecule has 0 radical (unpaired) electrons. The van der Waals surface area contributed by atoms with Crippen molar-refractivity contribution in [3.63, 3.8) is 0 Å². The Morgan fingerprint density at radius 2 is 1.67 bits per heavy atom. The Labute approximate surface area is 251 Å². The number of aromatic nitrogens is 1. The molecule has 5 rings (SSSR count). The molecule has 1 aliphatic heterocycles. The lowest BCUT2D eigenvalue weighted by molar-refractivity contribution is 0.0204. The second kappa shape index (κ2) is 12.7. The number of primary amides is 1. The van der Waals surface area contributed by atoms with Gasteiger partial charge in [-0.2, -0.15) is 0 Å². The third-order valence-corrected chi connectivity index (χ3v) is 7.42. The Morgan fingerprint density at radius 1 is 0.930 bits per heavy atom. The van der Waals surface area contributed by atoms with E-state index in [4.69, 9.17) is 20.2 Å². The third kappa shape index (κ3) is 7.38. The highest BCUT2D eigenvalue weighted by Gasteiger charge is 2.28. The summed E-state index contributed by atoms with van der Waals surface area (Å²) in [5, 5.41) is 0. The molecule has 0 atom stereocenters. The van der Waals surface area contributed by atoms with Gasteiger partial charge in [0, 0.05) is 41.4 Å². The maximum atomic E-state index is 14.8. The molecule has 0 unspecified atom stereocenters. The van der Waals surface area contributed by atoms with Crippen LogP contribution in [0, 0.1) is 5.82 Å². The van der Waals surface area contributed by atoms with Crippen molar-refractivity contribution in [3.8, 4) is 28.1 Å². The van der Waals surface area contributed by atoms with Crippen LogP contribution >= 0.6 is 0 Å². The van der Waals surface area contributed by atoms with Crippen LogP contribution in [0.5, 0.6) is 5.75 Å². The summed E-state index contributed by atoms with van der Waals surface area (Å²) in [6.45, 7) is 6.77. The fourth-order valence-corrected chi connectivity index (χ4v) is 5.15. The number of nitrogens with zero attached hydrogens (tertiary/aromatic N) is 2. The van der Waals surface area contributed by atoms with Crippen LogP contribution in [-0.2, 0) is 11.3 Å². The first-order chi connectivity index (χ1) is 20.6. The van der Waals surface area contributed by atoms with Crippen LogP contribution in [0.2, 0.25) is 0 Å². The Balaban J connectivity index is 1.39. The smallest absolute Gasteiger partial charge is 0.410 e. The average Bonchev–Trinajstić information content (AvgIpc) is 3.00. The van der Waals surface area contributed by atoms with E-state index in [1.54, 1.807) is 4.90 Å². The molecule has 0 spiro atoms. The molecule has 1 saturated heterocycles. The van der Waals surface area contributed by atoms with Crippen LogP contribution in [0.1, 0.15) is 61.1 Å². The molecule has 7 nitrogen and oxygen atoms in total. The molecule has 0 aliphatic carbocycles. The Bertz CT molecular complexity index is 1610. The molecule has 2 heterocycles. The van der Waals surface area contributed by atoms with Gasteiger partial charge in [-0.25, -0.2) is 9.18 Å². The number of likely N-dealkylation sites (tertiary alicyclic amines) is 1. The van der Waals surface area contributed by atoms with Gasteiger partial charge in [0.15, 0.2) is 0 Å². The van der Waals surface area contributed by atoms with Gasteiger partial charge < -0.3 is 20.1 Å². The Morgan fingerprint density at radius 3 is 2.35 bits per heavy atom. The summed E-state index contributed by atoms with van der Waals surface area (Å²) in [6.07, 6.45) is 1.28. The van der Waals surface area contributed by atoms with E-state index < -0.39 is 17.3 Å². The maximum absolute atomic E-state index is 14.8. The minimum absolute atomic E-state index is 0.0427. The van der Waals surface area contributed by atoms with Crippen LogP contribution in [0.4, 0.5) is 9.18 Å². The highest BCUT2D eigenvalue weighted by molar-refractivity contribution is 5.92. The number of benzene rings is 3. The van der Waals surface area contributed by atoms with Crippen LogP contribution in [-0.4, -0.2) is 40.6 Å². The first-order valence-corrected chi connectivity index (χ1v) is 14.4. The molecule has 4 aromatic rings. The number of piperidine rings is 1. The Hall–Kier alpha value is -4.72. The zero-order valence-electron chi connectivity index (χ0n) is 24.7. The third-order valence-electron chi connectivity index (χ3n) is 7.42. The molecule has 0 bridgehead atoms. The minimum Gasteiger partial charge on any atom is -0.488 e. The van der Waals surface area contributed by atoms with Gasteiger partial charge in [-0.05, 0) is 81.1 Å². The van der Waals surface area contributed by atoms with E-state index in [0.717, 1.165) is 47.0 Å². The lowest BCUT2D eigenvalue weighted by Crippen LogP contribution is -2.41. The zero-order valence-corrected chi connectivity index (χ0v) is 24.7. The quantitative estimate of drug-likeness (QED) is 0.246. The van der Waals surface area contributed by atoms with Crippen molar-refractivity contribution in [1.82, 2.24) is 9.88 Å². The van der Waals surface area contributed by atoms with E-state index in [0.29, 0.717) is 24.4 Å². The highest BCUT2D eigenvalue weighted by Crippen LogP contribution is 2.36. The lowest BCUT2D eigenvalue weighted by atomic mass is 9.92. The zero-order chi connectivity index (χ0) is 30.6. The number of nitrogens with two attached hydrogens (primary N) is 1. The molecule has 43 heavy (non-hydrogen) atoms. The van der Waals surface area contributed by atoms with Crippen LogP contribution in [0.25, 0.3) is 22.4 Å². The van der Waals surface area contributed by atoms with Crippen molar-refractivity contribution in [3.05, 3.63) is 108 Å². The largest absolute Gasteiger partial charge is 0.488 e. The van der Waals surface area contributed by atoms with Gasteiger partial charge in [0.05, 0.1) is 5.69 Å². The van der Waals surface area contributed by atoms with Crippen molar-refractivity contribution in [2.75, 3.05) is 13.1 Å². The van der Waals surface area contributed by atoms with E-state index >= 15 is 0 Å². The number of halogens is 1. The first-order valence-electron chi connectivity index (χ1n) is 14.4. The second-order valence-electron chi connectivity index (χ2n) is 11.7. The molecule has 2 amide bonds. The van der Waals surface area contributed by atoms with E-state index in [9.17, 15) is 14.0 Å². The number of hydrogen-bond donors (Lipinski definition) is 1. The predicted octanol–water partition coefficient (Wildman–Crippen LogP) is 7.35. The molecule has 8 heteroatoms. The molecule has 1 aliphatic rings. The van der Waals surface area contributed by atoms with E-state index in [1.165, 1.54) is 12.1 Å². The SMILES string of the molecule is CC(C)(C)OC(=O)N1CCC(c2cccc(-c3ccc(-c4ccccc4)cc3OCc3ccc(C(N)=O)cc3F)n2)CC1. The van der Waals surface area contributed by atoms with Gasteiger partial charge in [-0.15, -0.1) is 0 Å². The number of carbonyl (C=O) groups is 2. The fourth-order valence-electron chi connectivity index (χ4n) is 5.15. The lowest BCUT2D eigenvalue weighted by Gasteiger charge is -2.33. The summed E-state index contributed by atoms with van der Waals surface area (Å²) in [6, 6.07) is 25.9. The molecular formula is C35H36FN3O4. The predicted molar refractivity (Wildman–Crippen MR) is 164 cm³/mol. The van der Waals surface area contributed by atoms with Gasteiger partial charge in [0.1, 0.15) is 23.8 Å². The maximum Gasteiger partial charge on any atom is 0.410 e. The summed E-state index contributed by atoms with van der Waals surface area (Å²) >= 11 is 0. The van der Waals surface area contributed by atoms with Gasteiger partial charge in [0.2, 0.25) is 5.91 Å². The van der Waals surface area contributed by atoms with Crippen molar-refractivity contribution >= 4 is 12.0 Å². The number of hydrogen-bond acceptors (Lipinski definition) is 5. The number of carbonyl (C=O) groups excluding carboxylic acids is 2. The number of rotatable bonds is 7. The number of pyridine rings is 1. The molecule has 3 aromatic carbocycles. The second-order valence-corrected chi connectivity index (χ2v) is 11.7. The summed E-state index contributed by atoms with van der Waals surface area (Å²) in [5.41, 5.74) is 9.62. The summed E-state index contributed by atoms with van der Waals surface area (Å²) in [7, 11) is 0. The van der Waals surface area contributed by atoms with Crippen molar-refractivity contribution in [2.24, 2.45) is 5.73 Å². The van der Waals surface area contributed by atoms with E-state index in [-0.39, 0.29) is 24.2 Å². The molecule has 1 aromatic heterocycles. The van der Waals surface area contributed by atoms with Gasteiger partial charge in [0.25, 0.3) is 0 Å². The first kappa shape index (κ1) is 29.8. The van der Waals surface area contributed by atoms with Crippen LogP contribution in [0.3, 0.4) is 0 Å². The molecule has 0 saturated carbocycles. The standard InChI is InChI=1S/C35H36FN3O4/c1-35(2,3)43-34(41)39-18-16-24(17-19-39)30-10-7-11-31(38-30)28-15-14-25(23-8-5-4-6-9-23)21-32(28)42-22-27-13-12-26(33(37)40)20-29(27)36/h4-15,20-21,24H,16-19,22H2,1-3H3,(H2,37,40). The molecule has 1 fully saturated rings. The normalized spacial score (nSPS) is 13.9. The fraction of sp³-hybridized carbons (Fsp3) is 0.286. The van der Waals surface area contributed by atoms with Crippen molar-refractivity contribution < 1.29 is 23.5 Å². The molecule has 222 valence electrons. The summed E-state index contributed by atoms with van der Waals surface area (Å²) in [5.74, 6) is -0.491. The average molecular weight is 582 g/mol. The summed E-state index contributed by atoms with van der Waals surface area (Å²) in [4.78, 5) is 30.8. The number of ether oxygens (including phenoxy) is 2. The topological polar surface area (TPSA) is 94.7 Å². The molecular weight excluding hydrogens is 545 g/mol. The Kier molecular flexibility index (Phi) is 8.76. The molecule has 2 N–H and O–H groups in total. The monoisotopic (exact) mass is 581 g/mol. The van der Waals surface area contributed by atoms with Gasteiger partial charge >= 0.3 is 6.09 Å². The van der Waals surface area contributed by atoms with Crippen molar-refractivity contribution in [1.29, 1.82) is 0 Å². The highest BCUT2D eigenvalue weighted by atomic mass is 19.1. The van der Waals surface area contributed by atoms with E-state index in [1.807, 2.05) is 87.5 Å². The van der Waals surface area contributed by atoms with Crippen LogP contribution in [0.15, 0.2) is 84.9 Å². The van der Waals surface area contributed by atoms with E-state index in [2.05, 4.69) is 0 Å². The minimum atomic E-state index is -0.689.